The molecule has 2 aliphatic rings. The Hall–Kier alpha value is -6.52. The van der Waals surface area contributed by atoms with Gasteiger partial charge in [0, 0.05) is 10.8 Å². The first-order chi connectivity index (χ1) is 26.1. The molecule has 4 nitrogen and oxygen atoms in total. The Kier molecular flexibility index (Phi) is 6.06. The SMILES string of the molecule is CC1(C)c2ccccc2-c2ccc(-c3ccc4c(=O)c5ccc6oc7cc(-c8ccc9c(c8)C(C)(C)c8ccccc8-9)ccc7c(=O)c6c5oc4c3)cc21. The largest absolute Gasteiger partial charge is 0.456 e. The van der Waals surface area contributed by atoms with Crippen LogP contribution in [0.15, 0.2) is 152 Å². The molecule has 7 aromatic carbocycles. The molecule has 0 aliphatic heterocycles. The molecule has 0 spiro atoms. The third kappa shape index (κ3) is 4.08. The Morgan fingerprint density at radius 3 is 1.41 bits per heavy atom. The standard InChI is InChI=1S/C50H34O4/c1-49(2)38-11-7-5-9-31(38)33-17-13-27(23-40(33)49)29-16-20-36-43(25-29)53-42-22-21-37-46(51)35-19-15-30(26-44(35)54-48(37)45(42)47(36)52)28-14-18-34-32-10-6-8-12-39(32)50(3,4)41(34)24-28/h5-26H,1-4H3. The van der Waals surface area contributed by atoms with E-state index in [1.54, 1.807) is 12.1 Å². The van der Waals surface area contributed by atoms with E-state index in [9.17, 15) is 9.59 Å². The Balaban J connectivity index is 1.03. The van der Waals surface area contributed by atoms with Crippen LogP contribution in [-0.4, -0.2) is 0 Å². The van der Waals surface area contributed by atoms with Gasteiger partial charge in [0.05, 0.1) is 16.2 Å². The predicted molar refractivity (Wildman–Crippen MR) is 220 cm³/mol. The molecule has 0 radical (unpaired) electrons. The zero-order valence-electron chi connectivity index (χ0n) is 30.3. The van der Waals surface area contributed by atoms with Gasteiger partial charge in [-0.15, -0.1) is 0 Å². The maximum absolute atomic E-state index is 14.3. The summed E-state index contributed by atoms with van der Waals surface area (Å²) in [5.41, 5.74) is 15.1. The molecular formula is C50H34O4. The van der Waals surface area contributed by atoms with E-state index in [1.165, 1.54) is 44.5 Å². The highest BCUT2D eigenvalue weighted by Crippen LogP contribution is 2.51. The summed E-state index contributed by atoms with van der Waals surface area (Å²) in [6, 6.07) is 45.3. The van der Waals surface area contributed by atoms with Gasteiger partial charge < -0.3 is 8.83 Å². The second kappa shape index (κ2) is 10.5. The van der Waals surface area contributed by atoms with Crippen LogP contribution in [0.2, 0.25) is 0 Å². The molecule has 11 rings (SSSR count). The summed E-state index contributed by atoms with van der Waals surface area (Å²) in [5.74, 6) is 0. The van der Waals surface area contributed by atoms with Crippen molar-refractivity contribution in [2.75, 3.05) is 0 Å². The Bertz CT molecular complexity index is 3260. The fraction of sp³-hybridized carbons (Fsp3) is 0.120. The van der Waals surface area contributed by atoms with Crippen molar-refractivity contribution in [2.24, 2.45) is 0 Å². The zero-order valence-corrected chi connectivity index (χ0v) is 30.3. The van der Waals surface area contributed by atoms with Crippen molar-refractivity contribution in [3.05, 3.63) is 176 Å². The van der Waals surface area contributed by atoms with Crippen molar-refractivity contribution >= 4 is 43.9 Å². The van der Waals surface area contributed by atoms with Gasteiger partial charge in [-0.05, 0) is 115 Å². The van der Waals surface area contributed by atoms with Crippen LogP contribution in [0.25, 0.3) is 88.4 Å². The van der Waals surface area contributed by atoms with Crippen LogP contribution in [-0.2, 0) is 10.8 Å². The summed E-state index contributed by atoms with van der Waals surface area (Å²) in [6.07, 6.45) is 0. The molecule has 0 saturated carbocycles. The van der Waals surface area contributed by atoms with Gasteiger partial charge in [-0.3, -0.25) is 9.59 Å². The van der Waals surface area contributed by atoms with Crippen LogP contribution >= 0.6 is 0 Å². The van der Waals surface area contributed by atoms with Crippen molar-refractivity contribution in [1.29, 1.82) is 0 Å². The molecule has 0 atom stereocenters. The summed E-state index contributed by atoms with van der Waals surface area (Å²) in [6.45, 7) is 9.07. The highest BCUT2D eigenvalue weighted by Gasteiger charge is 2.36. The van der Waals surface area contributed by atoms with Crippen molar-refractivity contribution < 1.29 is 8.83 Å². The molecule has 0 unspecified atom stereocenters. The highest BCUT2D eigenvalue weighted by molar-refractivity contribution is 6.08. The van der Waals surface area contributed by atoms with Crippen molar-refractivity contribution in [3.63, 3.8) is 0 Å². The van der Waals surface area contributed by atoms with E-state index in [0.717, 1.165) is 22.3 Å². The van der Waals surface area contributed by atoms with E-state index in [-0.39, 0.29) is 32.7 Å². The first kappa shape index (κ1) is 31.0. The summed E-state index contributed by atoms with van der Waals surface area (Å²) >= 11 is 0. The van der Waals surface area contributed by atoms with Crippen LogP contribution < -0.4 is 10.9 Å². The molecule has 0 saturated heterocycles. The summed E-state index contributed by atoms with van der Waals surface area (Å²) < 4.78 is 13.0. The highest BCUT2D eigenvalue weighted by atomic mass is 16.3. The first-order valence-corrected chi connectivity index (χ1v) is 18.5. The lowest BCUT2D eigenvalue weighted by molar-refractivity contribution is 0.649. The minimum absolute atomic E-state index is 0.123. The van der Waals surface area contributed by atoms with E-state index in [1.807, 2.05) is 36.4 Å². The van der Waals surface area contributed by atoms with E-state index >= 15 is 0 Å². The summed E-state index contributed by atoms with van der Waals surface area (Å²) in [4.78, 5) is 28.2. The smallest absolute Gasteiger partial charge is 0.204 e. The van der Waals surface area contributed by atoms with Gasteiger partial charge in [0.1, 0.15) is 22.1 Å². The van der Waals surface area contributed by atoms with Crippen LogP contribution in [0.3, 0.4) is 0 Å². The molecule has 0 fully saturated rings. The van der Waals surface area contributed by atoms with Crippen LogP contribution in [0, 0.1) is 0 Å². The maximum Gasteiger partial charge on any atom is 0.204 e. The topological polar surface area (TPSA) is 60.4 Å². The average molecular weight is 699 g/mol. The zero-order chi connectivity index (χ0) is 36.7. The van der Waals surface area contributed by atoms with E-state index in [4.69, 9.17) is 8.83 Å². The van der Waals surface area contributed by atoms with Gasteiger partial charge in [0.25, 0.3) is 0 Å². The van der Waals surface area contributed by atoms with Gasteiger partial charge in [0.2, 0.25) is 10.9 Å². The lowest BCUT2D eigenvalue weighted by atomic mass is 9.81. The van der Waals surface area contributed by atoms with Crippen molar-refractivity contribution in [2.45, 2.75) is 38.5 Å². The van der Waals surface area contributed by atoms with Gasteiger partial charge in [-0.2, -0.15) is 0 Å². The Labute approximate surface area is 310 Å². The van der Waals surface area contributed by atoms with Gasteiger partial charge >= 0.3 is 0 Å². The fourth-order valence-corrected chi connectivity index (χ4v) is 9.37. The molecule has 9 aromatic rings. The lowest BCUT2D eigenvalue weighted by Crippen LogP contribution is -2.14. The molecule has 54 heavy (non-hydrogen) atoms. The summed E-state index contributed by atoms with van der Waals surface area (Å²) in [7, 11) is 0. The molecule has 2 aromatic heterocycles. The quantitative estimate of drug-likeness (QED) is 0.133. The maximum atomic E-state index is 14.3. The van der Waals surface area contributed by atoms with Crippen LogP contribution in [0.5, 0.6) is 0 Å². The molecular weight excluding hydrogens is 665 g/mol. The molecule has 0 bridgehead atoms. The third-order valence-electron chi connectivity index (χ3n) is 12.3. The predicted octanol–water partition coefficient (Wildman–Crippen LogP) is 12.2. The van der Waals surface area contributed by atoms with Crippen LogP contribution in [0.1, 0.15) is 49.9 Å². The van der Waals surface area contributed by atoms with E-state index in [0.29, 0.717) is 32.9 Å². The van der Waals surface area contributed by atoms with E-state index in [2.05, 4.69) is 113 Å². The monoisotopic (exact) mass is 698 g/mol. The fourth-order valence-electron chi connectivity index (χ4n) is 9.37. The average Bonchev–Trinajstić information content (AvgIpc) is 3.56. The van der Waals surface area contributed by atoms with Crippen molar-refractivity contribution in [3.8, 4) is 44.5 Å². The minimum atomic E-state index is -0.229. The third-order valence-corrected chi connectivity index (χ3v) is 12.3. The summed E-state index contributed by atoms with van der Waals surface area (Å²) in [5, 5.41) is 1.52. The second-order valence-electron chi connectivity index (χ2n) is 16.0. The molecule has 2 heterocycles. The molecule has 4 heteroatoms. The number of hydrogen-bond donors (Lipinski definition) is 0. The molecule has 0 N–H and O–H groups in total. The molecule has 258 valence electrons. The Morgan fingerprint density at radius 1 is 0.389 bits per heavy atom. The van der Waals surface area contributed by atoms with E-state index < -0.39 is 0 Å². The normalized spacial score (nSPS) is 14.7. The van der Waals surface area contributed by atoms with Gasteiger partial charge in [-0.1, -0.05) is 113 Å². The lowest BCUT2D eigenvalue weighted by Gasteiger charge is -2.22. The number of fused-ring (bicyclic) bond motifs is 11. The van der Waals surface area contributed by atoms with Crippen LogP contribution in [0.4, 0.5) is 0 Å². The number of rotatable bonds is 2. The molecule has 0 amide bonds. The first-order valence-electron chi connectivity index (χ1n) is 18.5. The minimum Gasteiger partial charge on any atom is -0.456 e. The van der Waals surface area contributed by atoms with Gasteiger partial charge in [0.15, 0.2) is 5.58 Å². The Morgan fingerprint density at radius 2 is 0.833 bits per heavy atom. The molecule has 2 aliphatic carbocycles. The van der Waals surface area contributed by atoms with Gasteiger partial charge in [-0.25, -0.2) is 0 Å². The van der Waals surface area contributed by atoms with Crippen molar-refractivity contribution in [1.82, 2.24) is 0 Å². The second-order valence-corrected chi connectivity index (χ2v) is 16.0. The number of hydrogen-bond acceptors (Lipinski definition) is 4. The number of benzene rings is 7.